The van der Waals surface area contributed by atoms with E-state index in [2.05, 4.69) is 21.2 Å². The summed E-state index contributed by atoms with van der Waals surface area (Å²) in [5.74, 6) is -1.26. The predicted molar refractivity (Wildman–Crippen MR) is 73.0 cm³/mol. The predicted octanol–water partition coefficient (Wildman–Crippen LogP) is 3.09. The zero-order chi connectivity index (χ0) is 13.7. The smallest absolute Gasteiger partial charge is 0.305 e. The van der Waals surface area contributed by atoms with Crippen LogP contribution in [0.15, 0.2) is 22.7 Å². The summed E-state index contributed by atoms with van der Waals surface area (Å²) in [6, 6.07) is 4.46. The number of carbonyl (C=O) groups excluding carboxylic acids is 1. The molecule has 1 aromatic rings. The summed E-state index contributed by atoms with van der Waals surface area (Å²) in [6.45, 7) is 1.82. The molecule has 0 saturated carbocycles. The Kier molecular flexibility index (Phi) is 5.62. The lowest BCUT2D eigenvalue weighted by Gasteiger charge is -2.15. The first-order chi connectivity index (χ1) is 8.42. The van der Waals surface area contributed by atoms with Gasteiger partial charge in [0, 0.05) is 21.1 Å². The van der Waals surface area contributed by atoms with Crippen molar-refractivity contribution in [1.82, 2.24) is 5.32 Å². The van der Waals surface area contributed by atoms with Gasteiger partial charge in [0.25, 0.3) is 5.91 Å². The van der Waals surface area contributed by atoms with Gasteiger partial charge in [0.05, 0.1) is 6.42 Å². The van der Waals surface area contributed by atoms with Crippen LogP contribution in [0.1, 0.15) is 30.1 Å². The number of nitrogens with one attached hydrogen (secondary N) is 1. The minimum absolute atomic E-state index is 0.0933. The van der Waals surface area contributed by atoms with E-state index in [9.17, 15) is 9.59 Å². The fraction of sp³-hybridized carbons (Fsp3) is 0.333. The molecule has 0 radical (unpaired) electrons. The number of rotatable bonds is 5. The second kappa shape index (κ2) is 6.75. The average Bonchev–Trinajstić information content (AvgIpc) is 2.26. The van der Waals surface area contributed by atoms with Crippen molar-refractivity contribution in [3.8, 4) is 0 Å². The van der Waals surface area contributed by atoms with Crippen LogP contribution in [0.3, 0.4) is 0 Å². The molecular weight excluding hydrogens is 321 g/mol. The van der Waals surface area contributed by atoms with Gasteiger partial charge in [-0.1, -0.05) is 34.5 Å². The van der Waals surface area contributed by atoms with Crippen LogP contribution in [0, 0.1) is 0 Å². The molecule has 0 heterocycles. The first-order valence-corrected chi connectivity index (χ1v) is 6.58. The molecular formula is C12H13BrClNO3. The largest absolute Gasteiger partial charge is 0.481 e. The molecule has 1 atom stereocenters. The third-order valence-corrected chi connectivity index (χ3v) is 3.05. The maximum atomic E-state index is 11.9. The van der Waals surface area contributed by atoms with Gasteiger partial charge in [-0.3, -0.25) is 9.59 Å². The summed E-state index contributed by atoms with van der Waals surface area (Å²) >= 11 is 9.09. The summed E-state index contributed by atoms with van der Waals surface area (Å²) in [6.07, 6.45) is 0.462. The van der Waals surface area contributed by atoms with Crippen molar-refractivity contribution in [2.45, 2.75) is 25.8 Å². The lowest BCUT2D eigenvalue weighted by atomic mass is 10.1. The number of halogens is 2. The molecule has 4 nitrogen and oxygen atoms in total. The van der Waals surface area contributed by atoms with E-state index in [1.807, 2.05) is 6.92 Å². The number of hydrogen-bond acceptors (Lipinski definition) is 2. The number of carbonyl (C=O) groups is 2. The highest BCUT2D eigenvalue weighted by Gasteiger charge is 2.15. The van der Waals surface area contributed by atoms with Gasteiger partial charge >= 0.3 is 5.97 Å². The van der Waals surface area contributed by atoms with Crippen LogP contribution < -0.4 is 5.32 Å². The number of carboxylic acid groups (broad SMARTS) is 1. The summed E-state index contributed by atoms with van der Waals surface area (Å²) in [7, 11) is 0. The van der Waals surface area contributed by atoms with Crippen molar-refractivity contribution in [2.75, 3.05) is 0 Å². The lowest BCUT2D eigenvalue weighted by Crippen LogP contribution is -2.36. The molecule has 0 fully saturated rings. The molecule has 0 saturated heterocycles. The topological polar surface area (TPSA) is 66.4 Å². The standard InChI is InChI=1S/C12H13BrClNO3/c1-2-10(6-11(16)17)15-12(18)7-3-8(13)5-9(14)4-7/h3-5,10H,2,6H2,1H3,(H,15,18)(H,16,17). The molecule has 0 spiro atoms. The Hall–Kier alpha value is -1.07. The molecule has 0 aliphatic heterocycles. The van der Waals surface area contributed by atoms with Gasteiger partial charge in [-0.25, -0.2) is 0 Å². The van der Waals surface area contributed by atoms with Gasteiger partial charge in [-0.2, -0.15) is 0 Å². The van der Waals surface area contributed by atoms with Gasteiger partial charge in [0.2, 0.25) is 0 Å². The van der Waals surface area contributed by atoms with Crippen molar-refractivity contribution in [2.24, 2.45) is 0 Å². The third-order valence-electron chi connectivity index (χ3n) is 2.37. The molecule has 1 amide bonds. The Balaban J connectivity index is 2.77. The van der Waals surface area contributed by atoms with Crippen LogP contribution in [-0.4, -0.2) is 23.0 Å². The summed E-state index contributed by atoms with van der Waals surface area (Å²) in [5.41, 5.74) is 0.401. The van der Waals surface area contributed by atoms with Gasteiger partial charge in [0.1, 0.15) is 0 Å². The number of aliphatic carboxylic acids is 1. The molecule has 2 N–H and O–H groups in total. The highest BCUT2D eigenvalue weighted by Crippen LogP contribution is 2.19. The van der Waals surface area contributed by atoms with E-state index in [-0.39, 0.29) is 18.4 Å². The average molecular weight is 335 g/mol. The van der Waals surface area contributed by atoms with Crippen molar-refractivity contribution < 1.29 is 14.7 Å². The maximum absolute atomic E-state index is 11.9. The number of hydrogen-bond donors (Lipinski definition) is 2. The van der Waals surface area contributed by atoms with Crippen molar-refractivity contribution in [1.29, 1.82) is 0 Å². The highest BCUT2D eigenvalue weighted by molar-refractivity contribution is 9.10. The minimum Gasteiger partial charge on any atom is -0.481 e. The Labute approximate surface area is 118 Å². The Morgan fingerprint density at radius 1 is 1.44 bits per heavy atom. The number of carboxylic acids is 1. The van der Waals surface area contributed by atoms with E-state index < -0.39 is 5.97 Å². The molecule has 0 aliphatic rings. The van der Waals surface area contributed by atoms with Crippen LogP contribution in [-0.2, 0) is 4.79 Å². The van der Waals surface area contributed by atoms with E-state index in [0.29, 0.717) is 21.5 Å². The normalized spacial score (nSPS) is 11.9. The van der Waals surface area contributed by atoms with Crippen LogP contribution in [0.2, 0.25) is 5.02 Å². The zero-order valence-corrected chi connectivity index (χ0v) is 12.1. The fourth-order valence-corrected chi connectivity index (χ4v) is 2.32. The molecule has 18 heavy (non-hydrogen) atoms. The summed E-state index contributed by atoms with van der Waals surface area (Å²) in [4.78, 5) is 22.5. The van der Waals surface area contributed by atoms with E-state index in [4.69, 9.17) is 16.7 Å². The fourth-order valence-electron chi connectivity index (χ4n) is 1.46. The van der Waals surface area contributed by atoms with Gasteiger partial charge in [-0.05, 0) is 24.6 Å². The molecule has 6 heteroatoms. The Bertz CT molecular complexity index is 444. The first kappa shape index (κ1) is 15.0. The molecule has 98 valence electrons. The van der Waals surface area contributed by atoms with Gasteiger partial charge in [0.15, 0.2) is 0 Å². The van der Waals surface area contributed by atoms with E-state index in [1.54, 1.807) is 12.1 Å². The molecule has 0 aromatic heterocycles. The maximum Gasteiger partial charge on any atom is 0.305 e. The van der Waals surface area contributed by atoms with Crippen LogP contribution in [0.25, 0.3) is 0 Å². The van der Waals surface area contributed by atoms with Crippen LogP contribution in [0.4, 0.5) is 0 Å². The van der Waals surface area contributed by atoms with Crippen LogP contribution >= 0.6 is 27.5 Å². The molecule has 0 bridgehead atoms. The Morgan fingerprint density at radius 2 is 2.11 bits per heavy atom. The van der Waals surface area contributed by atoms with Crippen molar-refractivity contribution in [3.63, 3.8) is 0 Å². The van der Waals surface area contributed by atoms with Crippen molar-refractivity contribution >= 4 is 39.4 Å². The quantitative estimate of drug-likeness (QED) is 0.869. The van der Waals surface area contributed by atoms with Gasteiger partial charge in [-0.15, -0.1) is 0 Å². The second-order valence-corrected chi connectivity index (χ2v) is 5.19. The Morgan fingerprint density at radius 3 is 2.61 bits per heavy atom. The summed E-state index contributed by atoms with van der Waals surface area (Å²) < 4.78 is 0.700. The zero-order valence-electron chi connectivity index (χ0n) is 9.74. The third kappa shape index (κ3) is 4.66. The van der Waals surface area contributed by atoms with Crippen molar-refractivity contribution in [3.05, 3.63) is 33.3 Å². The lowest BCUT2D eigenvalue weighted by molar-refractivity contribution is -0.137. The van der Waals surface area contributed by atoms with E-state index in [0.717, 1.165) is 0 Å². The van der Waals surface area contributed by atoms with Crippen LogP contribution in [0.5, 0.6) is 0 Å². The molecule has 1 rings (SSSR count). The SMILES string of the molecule is CCC(CC(=O)O)NC(=O)c1cc(Cl)cc(Br)c1. The molecule has 1 aromatic carbocycles. The summed E-state index contributed by atoms with van der Waals surface area (Å²) in [5, 5.41) is 11.8. The molecule has 1 unspecified atom stereocenters. The number of amides is 1. The van der Waals surface area contributed by atoms with Gasteiger partial charge < -0.3 is 10.4 Å². The molecule has 0 aliphatic carbocycles. The monoisotopic (exact) mass is 333 g/mol. The highest BCUT2D eigenvalue weighted by atomic mass is 79.9. The van der Waals surface area contributed by atoms with E-state index in [1.165, 1.54) is 6.07 Å². The minimum atomic E-state index is -0.936. The number of benzene rings is 1. The first-order valence-electron chi connectivity index (χ1n) is 5.41. The second-order valence-electron chi connectivity index (χ2n) is 3.83. The van der Waals surface area contributed by atoms with E-state index >= 15 is 0 Å².